The Morgan fingerprint density at radius 2 is 1.91 bits per heavy atom. The van der Waals surface area contributed by atoms with Gasteiger partial charge in [0.05, 0.1) is 11.1 Å². The molecule has 0 atom stereocenters. The molecule has 3 heterocycles. The number of hydrogen-bond donors (Lipinski definition) is 0. The summed E-state index contributed by atoms with van der Waals surface area (Å²) in [6.45, 7) is 0.941. The van der Waals surface area contributed by atoms with Gasteiger partial charge in [-0.05, 0) is 35.9 Å². The normalized spacial score (nSPS) is 12.8. The highest BCUT2D eigenvalue weighted by Crippen LogP contribution is 2.33. The molecule has 6 nitrogen and oxygen atoms in total. The molecule has 0 saturated carbocycles. The molecule has 0 bridgehead atoms. The average Bonchev–Trinajstić information content (AvgIpc) is 3.24. The van der Waals surface area contributed by atoms with Crippen LogP contribution in [0.2, 0.25) is 0 Å². The van der Waals surface area contributed by atoms with Crippen LogP contribution < -0.4 is 15.0 Å². The molecule has 0 unspecified atom stereocenters. The first-order valence-corrected chi connectivity index (χ1v) is 11.7. The highest BCUT2D eigenvalue weighted by Gasteiger charge is 2.18. The van der Waals surface area contributed by atoms with Crippen molar-refractivity contribution in [2.75, 3.05) is 19.0 Å². The first-order chi connectivity index (χ1) is 15.5. The van der Waals surface area contributed by atoms with Gasteiger partial charge in [-0.3, -0.25) is 14.2 Å². The van der Waals surface area contributed by atoms with Gasteiger partial charge in [0.1, 0.15) is 23.9 Å². The molecule has 9 heteroatoms. The van der Waals surface area contributed by atoms with E-state index in [9.17, 15) is 14.0 Å². The summed E-state index contributed by atoms with van der Waals surface area (Å²) >= 11 is 2.56. The van der Waals surface area contributed by atoms with E-state index in [1.54, 1.807) is 37.4 Å². The second-order valence-electron chi connectivity index (χ2n) is 7.17. The molecule has 0 fully saturated rings. The molecule has 0 radical (unpaired) electrons. The van der Waals surface area contributed by atoms with Crippen LogP contribution in [-0.2, 0) is 7.05 Å². The van der Waals surface area contributed by atoms with Crippen molar-refractivity contribution < 1.29 is 18.7 Å². The van der Waals surface area contributed by atoms with E-state index >= 15 is 0 Å². The van der Waals surface area contributed by atoms with Gasteiger partial charge < -0.3 is 9.47 Å². The summed E-state index contributed by atoms with van der Waals surface area (Å²) in [6.07, 6.45) is 0. The Bertz CT molecular complexity index is 1400. The monoisotopic (exact) mass is 468 g/mol. The molecule has 32 heavy (non-hydrogen) atoms. The van der Waals surface area contributed by atoms with E-state index in [4.69, 9.17) is 9.47 Å². The molecule has 0 saturated heterocycles. The van der Waals surface area contributed by atoms with Crippen molar-refractivity contribution >= 4 is 39.1 Å². The summed E-state index contributed by atoms with van der Waals surface area (Å²) in [6, 6.07) is 11.1. The van der Waals surface area contributed by atoms with Crippen LogP contribution in [0, 0.1) is 5.82 Å². The maximum absolute atomic E-state index is 13.3. The molecule has 162 valence electrons. The van der Waals surface area contributed by atoms with Crippen LogP contribution in [-0.4, -0.2) is 34.3 Å². The minimum absolute atomic E-state index is 0.0977. The third-order valence-electron chi connectivity index (χ3n) is 5.13. The lowest BCUT2D eigenvalue weighted by Crippen LogP contribution is -2.20. The average molecular weight is 469 g/mol. The molecule has 4 aromatic rings. The number of hydrogen-bond acceptors (Lipinski definition) is 7. The molecule has 2 aromatic heterocycles. The lowest BCUT2D eigenvalue weighted by atomic mass is 10.1. The fourth-order valence-electron chi connectivity index (χ4n) is 3.45. The number of halogens is 1. The van der Waals surface area contributed by atoms with Gasteiger partial charge in [0.25, 0.3) is 5.56 Å². The third-order valence-corrected chi connectivity index (χ3v) is 7.03. The van der Waals surface area contributed by atoms with Crippen molar-refractivity contribution in [1.82, 2.24) is 9.55 Å². The van der Waals surface area contributed by atoms with E-state index in [0.29, 0.717) is 45.6 Å². The number of fused-ring (bicyclic) bond motifs is 2. The van der Waals surface area contributed by atoms with Crippen LogP contribution in [0.1, 0.15) is 10.4 Å². The minimum atomic E-state index is -0.333. The number of carbonyl (C=O) groups is 1. The third kappa shape index (κ3) is 3.78. The Hall–Kier alpha value is -3.17. The first kappa shape index (κ1) is 20.7. The number of thioether (sulfide) groups is 1. The summed E-state index contributed by atoms with van der Waals surface area (Å²) < 4.78 is 25.8. The minimum Gasteiger partial charge on any atom is -0.486 e. The quantitative estimate of drug-likeness (QED) is 0.243. The summed E-state index contributed by atoms with van der Waals surface area (Å²) in [4.78, 5) is 31.0. The highest BCUT2D eigenvalue weighted by molar-refractivity contribution is 7.99. The zero-order chi connectivity index (χ0) is 22.2. The molecule has 1 aliphatic rings. The van der Waals surface area contributed by atoms with Crippen molar-refractivity contribution in [3.05, 3.63) is 69.6 Å². The topological polar surface area (TPSA) is 70.4 Å². The second-order valence-corrected chi connectivity index (χ2v) is 8.97. The number of thiophene rings is 1. The Morgan fingerprint density at radius 3 is 2.69 bits per heavy atom. The predicted molar refractivity (Wildman–Crippen MR) is 123 cm³/mol. The Kier molecular flexibility index (Phi) is 5.44. The standard InChI is InChI=1S/C23H17FN2O4S2/c1-26-22(28)20-16(13-2-5-15(24)6-3-13)11-31-21(20)25-23(26)32-12-17(27)14-4-7-18-19(10-14)30-9-8-29-18/h2-7,10-11H,8-9,12H2,1H3. The molecule has 0 amide bonds. The summed E-state index contributed by atoms with van der Waals surface area (Å²) in [5, 5.41) is 2.80. The fourth-order valence-corrected chi connectivity index (χ4v) is 5.31. The van der Waals surface area contributed by atoms with Crippen LogP contribution in [0.4, 0.5) is 4.39 Å². The SMILES string of the molecule is Cn1c(SCC(=O)c2ccc3c(c2)OCCO3)nc2scc(-c3ccc(F)cc3)c2c1=O. The largest absolute Gasteiger partial charge is 0.486 e. The smallest absolute Gasteiger partial charge is 0.263 e. The van der Waals surface area contributed by atoms with Crippen molar-refractivity contribution in [2.45, 2.75) is 5.16 Å². The number of ether oxygens (including phenoxy) is 2. The van der Waals surface area contributed by atoms with Crippen LogP contribution in [0.5, 0.6) is 11.5 Å². The maximum atomic E-state index is 13.3. The van der Waals surface area contributed by atoms with Crippen molar-refractivity contribution in [3.63, 3.8) is 0 Å². The molecule has 5 rings (SSSR count). The lowest BCUT2D eigenvalue weighted by Gasteiger charge is -2.18. The number of nitrogens with zero attached hydrogens (tertiary/aromatic N) is 2. The van der Waals surface area contributed by atoms with Gasteiger partial charge in [-0.2, -0.15) is 0 Å². The van der Waals surface area contributed by atoms with E-state index in [2.05, 4.69) is 4.98 Å². The Balaban J connectivity index is 1.40. The number of Topliss-reactive ketones (excluding diaryl/α,β-unsaturated/α-hetero) is 1. The summed E-state index contributed by atoms with van der Waals surface area (Å²) in [5.41, 5.74) is 1.79. The van der Waals surface area contributed by atoms with Gasteiger partial charge in [-0.25, -0.2) is 9.37 Å². The van der Waals surface area contributed by atoms with Crippen molar-refractivity contribution in [3.8, 4) is 22.6 Å². The molecule has 0 spiro atoms. The summed E-state index contributed by atoms with van der Waals surface area (Å²) in [7, 11) is 1.64. The maximum Gasteiger partial charge on any atom is 0.263 e. The van der Waals surface area contributed by atoms with Crippen LogP contribution in [0.25, 0.3) is 21.3 Å². The van der Waals surface area contributed by atoms with Crippen LogP contribution in [0.15, 0.2) is 57.8 Å². The Morgan fingerprint density at radius 1 is 1.16 bits per heavy atom. The van der Waals surface area contributed by atoms with Gasteiger partial charge in [0, 0.05) is 23.6 Å². The van der Waals surface area contributed by atoms with Gasteiger partial charge in [-0.15, -0.1) is 11.3 Å². The van der Waals surface area contributed by atoms with Gasteiger partial charge in [0.15, 0.2) is 22.4 Å². The van der Waals surface area contributed by atoms with Gasteiger partial charge >= 0.3 is 0 Å². The molecule has 0 N–H and O–H groups in total. The number of rotatable bonds is 5. The van der Waals surface area contributed by atoms with Crippen molar-refractivity contribution in [2.24, 2.45) is 7.05 Å². The van der Waals surface area contributed by atoms with Crippen molar-refractivity contribution in [1.29, 1.82) is 0 Å². The predicted octanol–water partition coefficient (Wildman–Crippen LogP) is 4.55. The number of benzene rings is 2. The van der Waals surface area contributed by atoms with E-state index in [0.717, 1.165) is 11.1 Å². The number of carbonyl (C=O) groups excluding carboxylic acids is 1. The summed E-state index contributed by atoms with van der Waals surface area (Å²) in [5.74, 6) is 0.887. The van der Waals surface area contributed by atoms with E-state index < -0.39 is 0 Å². The van der Waals surface area contributed by atoms with Crippen LogP contribution >= 0.6 is 23.1 Å². The van der Waals surface area contributed by atoms with E-state index in [-0.39, 0.29) is 22.9 Å². The molecular formula is C23H17FN2O4S2. The van der Waals surface area contributed by atoms with Crippen LogP contribution in [0.3, 0.4) is 0 Å². The lowest BCUT2D eigenvalue weighted by molar-refractivity contribution is 0.102. The molecule has 1 aliphatic heterocycles. The zero-order valence-corrected chi connectivity index (χ0v) is 18.6. The molecular weight excluding hydrogens is 451 g/mol. The van der Waals surface area contributed by atoms with Gasteiger partial charge in [-0.1, -0.05) is 23.9 Å². The highest BCUT2D eigenvalue weighted by atomic mass is 32.2. The molecule has 0 aliphatic carbocycles. The second kappa shape index (κ2) is 8.40. The zero-order valence-electron chi connectivity index (χ0n) is 17.0. The molecule has 2 aromatic carbocycles. The van der Waals surface area contributed by atoms with E-state index in [1.165, 1.54) is 39.8 Å². The number of aromatic nitrogens is 2. The van der Waals surface area contributed by atoms with E-state index in [1.807, 2.05) is 5.38 Å². The fraction of sp³-hybridized carbons (Fsp3) is 0.174. The Labute approximate surface area is 190 Å². The first-order valence-electron chi connectivity index (χ1n) is 9.81. The van der Waals surface area contributed by atoms with Gasteiger partial charge in [0.2, 0.25) is 0 Å². The number of ketones is 1.